The maximum absolute atomic E-state index is 13.8. The molecule has 1 N–H and O–H groups in total. The number of aliphatic hydroxyl groups is 1. The van der Waals surface area contributed by atoms with E-state index < -0.39 is 6.10 Å². The lowest BCUT2D eigenvalue weighted by Crippen LogP contribution is -2.19. The summed E-state index contributed by atoms with van der Waals surface area (Å²) in [5.41, 5.74) is 2.21. The Kier molecular flexibility index (Phi) is 4.17. The van der Waals surface area contributed by atoms with E-state index in [0.717, 1.165) is 11.3 Å². The molecule has 0 heterocycles. The number of hydrogen-bond acceptors (Lipinski definition) is 2. The normalized spacial score (nSPS) is 12.2. The van der Waals surface area contributed by atoms with E-state index >= 15 is 0 Å². The molecule has 0 fully saturated rings. The van der Waals surface area contributed by atoms with Gasteiger partial charge in [0.15, 0.2) is 0 Å². The predicted octanol–water partition coefficient (Wildman–Crippen LogP) is 3.52. The average molecular weight is 259 g/mol. The summed E-state index contributed by atoms with van der Waals surface area (Å²) in [7, 11) is 1.90. The SMILES string of the molecule is C[C@@H](O)c1c(F)cccc1N(C)Cc1ccccc1. The third-order valence-electron chi connectivity index (χ3n) is 3.12. The van der Waals surface area contributed by atoms with Crippen LogP contribution < -0.4 is 4.90 Å². The molecule has 0 saturated heterocycles. The molecule has 2 aromatic carbocycles. The summed E-state index contributed by atoms with van der Waals surface area (Å²) in [6.07, 6.45) is -0.825. The summed E-state index contributed by atoms with van der Waals surface area (Å²) in [5.74, 6) is -0.368. The van der Waals surface area contributed by atoms with Gasteiger partial charge in [0.1, 0.15) is 5.82 Å². The van der Waals surface area contributed by atoms with E-state index in [1.165, 1.54) is 6.07 Å². The van der Waals surface area contributed by atoms with Crippen LogP contribution in [0.3, 0.4) is 0 Å². The third kappa shape index (κ3) is 3.12. The molecule has 0 unspecified atom stereocenters. The number of hydrogen-bond donors (Lipinski definition) is 1. The van der Waals surface area contributed by atoms with E-state index in [9.17, 15) is 9.50 Å². The van der Waals surface area contributed by atoms with Gasteiger partial charge in [0.05, 0.1) is 6.10 Å². The Morgan fingerprint density at radius 1 is 1.11 bits per heavy atom. The van der Waals surface area contributed by atoms with Crippen molar-refractivity contribution in [3.8, 4) is 0 Å². The van der Waals surface area contributed by atoms with Gasteiger partial charge in [-0.2, -0.15) is 0 Å². The topological polar surface area (TPSA) is 23.5 Å². The van der Waals surface area contributed by atoms with Gasteiger partial charge >= 0.3 is 0 Å². The fourth-order valence-corrected chi connectivity index (χ4v) is 2.21. The van der Waals surface area contributed by atoms with Crippen molar-refractivity contribution >= 4 is 5.69 Å². The lowest BCUT2D eigenvalue weighted by Gasteiger charge is -2.24. The molecular weight excluding hydrogens is 241 g/mol. The van der Waals surface area contributed by atoms with Crippen LogP contribution in [-0.4, -0.2) is 12.2 Å². The van der Waals surface area contributed by atoms with Crippen molar-refractivity contribution in [1.82, 2.24) is 0 Å². The largest absolute Gasteiger partial charge is 0.389 e. The highest BCUT2D eigenvalue weighted by Crippen LogP contribution is 2.29. The van der Waals surface area contributed by atoms with E-state index in [1.807, 2.05) is 48.3 Å². The molecule has 3 heteroatoms. The molecule has 0 radical (unpaired) electrons. The lowest BCUT2D eigenvalue weighted by atomic mass is 10.1. The first-order chi connectivity index (χ1) is 9.09. The van der Waals surface area contributed by atoms with Crippen molar-refractivity contribution in [2.45, 2.75) is 19.6 Å². The van der Waals surface area contributed by atoms with Gasteiger partial charge < -0.3 is 10.0 Å². The molecule has 2 aromatic rings. The van der Waals surface area contributed by atoms with E-state index in [1.54, 1.807) is 13.0 Å². The van der Waals surface area contributed by atoms with Gasteiger partial charge in [-0.05, 0) is 24.6 Å². The molecule has 0 aliphatic carbocycles. The number of aliphatic hydroxyl groups excluding tert-OH is 1. The van der Waals surface area contributed by atoms with Gasteiger partial charge in [-0.15, -0.1) is 0 Å². The van der Waals surface area contributed by atoms with E-state index in [4.69, 9.17) is 0 Å². The molecule has 0 aliphatic rings. The van der Waals surface area contributed by atoms with Crippen LogP contribution in [0.25, 0.3) is 0 Å². The van der Waals surface area contributed by atoms with E-state index in [2.05, 4.69) is 0 Å². The van der Waals surface area contributed by atoms with Crippen LogP contribution in [0.15, 0.2) is 48.5 Å². The van der Waals surface area contributed by atoms with Crippen LogP contribution in [0.2, 0.25) is 0 Å². The van der Waals surface area contributed by atoms with Crippen molar-refractivity contribution in [3.05, 3.63) is 65.5 Å². The first kappa shape index (κ1) is 13.6. The van der Waals surface area contributed by atoms with Crippen molar-refractivity contribution in [2.24, 2.45) is 0 Å². The highest BCUT2D eigenvalue weighted by atomic mass is 19.1. The van der Waals surface area contributed by atoms with Crippen LogP contribution in [0.5, 0.6) is 0 Å². The van der Waals surface area contributed by atoms with Gasteiger partial charge in [-0.1, -0.05) is 36.4 Å². The molecule has 0 saturated carbocycles. The minimum absolute atomic E-state index is 0.348. The summed E-state index contributed by atoms with van der Waals surface area (Å²) < 4.78 is 13.8. The zero-order chi connectivity index (χ0) is 13.8. The Morgan fingerprint density at radius 2 is 1.79 bits per heavy atom. The number of halogens is 1. The quantitative estimate of drug-likeness (QED) is 0.908. The first-order valence-corrected chi connectivity index (χ1v) is 6.31. The molecule has 100 valence electrons. The predicted molar refractivity (Wildman–Crippen MR) is 75.6 cm³/mol. The average Bonchev–Trinajstić information content (AvgIpc) is 2.39. The van der Waals surface area contributed by atoms with E-state index in [0.29, 0.717) is 12.1 Å². The summed E-state index contributed by atoms with van der Waals surface area (Å²) in [6, 6.07) is 14.8. The Labute approximate surface area is 113 Å². The molecular formula is C16H18FNO. The molecule has 2 rings (SSSR count). The van der Waals surface area contributed by atoms with Gasteiger partial charge in [-0.3, -0.25) is 0 Å². The molecule has 0 spiro atoms. The minimum Gasteiger partial charge on any atom is -0.389 e. The number of benzene rings is 2. The monoisotopic (exact) mass is 259 g/mol. The van der Waals surface area contributed by atoms with Crippen LogP contribution in [0.1, 0.15) is 24.2 Å². The maximum atomic E-state index is 13.8. The van der Waals surface area contributed by atoms with E-state index in [-0.39, 0.29) is 5.82 Å². The van der Waals surface area contributed by atoms with Crippen LogP contribution in [-0.2, 0) is 6.54 Å². The van der Waals surface area contributed by atoms with Gasteiger partial charge in [0, 0.05) is 24.8 Å². The molecule has 0 bridgehead atoms. The van der Waals surface area contributed by atoms with Crippen LogP contribution in [0.4, 0.5) is 10.1 Å². The van der Waals surface area contributed by atoms with Gasteiger partial charge in [0.25, 0.3) is 0 Å². The zero-order valence-corrected chi connectivity index (χ0v) is 11.2. The van der Waals surface area contributed by atoms with Crippen molar-refractivity contribution in [1.29, 1.82) is 0 Å². The number of rotatable bonds is 4. The second kappa shape index (κ2) is 5.85. The first-order valence-electron chi connectivity index (χ1n) is 6.31. The Bertz CT molecular complexity index is 540. The minimum atomic E-state index is -0.825. The van der Waals surface area contributed by atoms with Crippen molar-refractivity contribution < 1.29 is 9.50 Å². The van der Waals surface area contributed by atoms with Crippen LogP contribution in [0, 0.1) is 5.82 Å². The van der Waals surface area contributed by atoms with Crippen molar-refractivity contribution in [2.75, 3.05) is 11.9 Å². The second-order valence-corrected chi connectivity index (χ2v) is 4.69. The lowest BCUT2D eigenvalue weighted by molar-refractivity contribution is 0.194. The maximum Gasteiger partial charge on any atom is 0.131 e. The Balaban J connectivity index is 2.29. The molecule has 0 aliphatic heterocycles. The van der Waals surface area contributed by atoms with Crippen LogP contribution >= 0.6 is 0 Å². The summed E-state index contributed by atoms with van der Waals surface area (Å²) >= 11 is 0. The van der Waals surface area contributed by atoms with Gasteiger partial charge in [0.2, 0.25) is 0 Å². The molecule has 19 heavy (non-hydrogen) atoms. The highest BCUT2D eigenvalue weighted by molar-refractivity contribution is 5.55. The molecule has 0 amide bonds. The highest BCUT2D eigenvalue weighted by Gasteiger charge is 2.16. The number of anilines is 1. The smallest absolute Gasteiger partial charge is 0.131 e. The fraction of sp³-hybridized carbons (Fsp3) is 0.250. The van der Waals surface area contributed by atoms with Crippen molar-refractivity contribution in [3.63, 3.8) is 0 Å². The summed E-state index contributed by atoms with van der Waals surface area (Å²) in [4.78, 5) is 1.94. The standard InChI is InChI=1S/C16H18FNO/c1-12(19)16-14(17)9-6-10-15(16)18(2)11-13-7-4-3-5-8-13/h3-10,12,19H,11H2,1-2H3/t12-/m1/s1. The second-order valence-electron chi connectivity index (χ2n) is 4.69. The number of nitrogens with zero attached hydrogens (tertiary/aromatic N) is 1. The molecule has 2 nitrogen and oxygen atoms in total. The van der Waals surface area contributed by atoms with Gasteiger partial charge in [-0.25, -0.2) is 4.39 Å². The Morgan fingerprint density at radius 3 is 2.42 bits per heavy atom. The summed E-state index contributed by atoms with van der Waals surface area (Å²) in [6.45, 7) is 2.25. The molecule has 1 atom stereocenters. The fourth-order valence-electron chi connectivity index (χ4n) is 2.21. The third-order valence-corrected chi connectivity index (χ3v) is 3.12. The zero-order valence-electron chi connectivity index (χ0n) is 11.2. The Hall–Kier alpha value is -1.87. The molecule has 0 aromatic heterocycles. The summed E-state index contributed by atoms with van der Waals surface area (Å²) in [5, 5.41) is 9.73.